The molecule has 31 heavy (non-hydrogen) atoms. The van der Waals surface area contributed by atoms with E-state index in [1.807, 2.05) is 0 Å². The smallest absolute Gasteiger partial charge is 0.390 e. The van der Waals surface area contributed by atoms with Crippen molar-refractivity contribution in [3.8, 4) is 0 Å². The van der Waals surface area contributed by atoms with Crippen LogP contribution in [0.15, 0.2) is 53.7 Å². The first kappa shape index (κ1) is 22.6. The Labute approximate surface area is 177 Å². The molecular formula is C22H23F4N3O2. The Morgan fingerprint density at radius 1 is 1.23 bits per heavy atom. The van der Waals surface area contributed by atoms with Crippen molar-refractivity contribution in [1.29, 1.82) is 0 Å². The quantitative estimate of drug-likeness (QED) is 0.650. The van der Waals surface area contributed by atoms with Crippen molar-refractivity contribution in [2.24, 2.45) is 5.16 Å². The molecule has 1 heterocycles. The normalized spacial score (nSPS) is 16.1. The van der Waals surface area contributed by atoms with Crippen LogP contribution in [0.3, 0.4) is 0 Å². The van der Waals surface area contributed by atoms with Gasteiger partial charge in [0.1, 0.15) is 5.82 Å². The SMILES string of the molecule is CC(C)NC(=O)N(Cc1cccc(C(F)(F)F)c1)CC1CC(c2ccc(F)cc2)=NO1. The van der Waals surface area contributed by atoms with Crippen molar-refractivity contribution >= 4 is 11.7 Å². The second-order valence-electron chi connectivity index (χ2n) is 7.66. The number of carbonyl (C=O) groups excluding carboxylic acids is 1. The van der Waals surface area contributed by atoms with Gasteiger partial charge in [0, 0.05) is 19.0 Å². The number of rotatable bonds is 6. The topological polar surface area (TPSA) is 53.9 Å². The molecule has 1 unspecified atom stereocenters. The minimum atomic E-state index is -4.46. The summed E-state index contributed by atoms with van der Waals surface area (Å²) in [6.07, 6.45) is -4.54. The van der Waals surface area contributed by atoms with Crippen molar-refractivity contribution in [2.75, 3.05) is 6.54 Å². The number of benzene rings is 2. The largest absolute Gasteiger partial charge is 0.416 e. The number of halogens is 4. The van der Waals surface area contributed by atoms with Crippen LogP contribution in [0.5, 0.6) is 0 Å². The fourth-order valence-electron chi connectivity index (χ4n) is 3.21. The maximum Gasteiger partial charge on any atom is 0.416 e. The molecule has 1 N–H and O–H groups in total. The molecule has 9 heteroatoms. The van der Waals surface area contributed by atoms with Crippen LogP contribution in [0, 0.1) is 5.82 Å². The Hall–Kier alpha value is -3.10. The lowest BCUT2D eigenvalue weighted by Crippen LogP contribution is -2.45. The van der Waals surface area contributed by atoms with Crippen LogP contribution < -0.4 is 5.32 Å². The van der Waals surface area contributed by atoms with E-state index in [2.05, 4.69) is 10.5 Å². The van der Waals surface area contributed by atoms with Gasteiger partial charge in [-0.2, -0.15) is 13.2 Å². The summed E-state index contributed by atoms with van der Waals surface area (Å²) in [4.78, 5) is 19.5. The molecule has 0 bridgehead atoms. The number of alkyl halides is 3. The summed E-state index contributed by atoms with van der Waals surface area (Å²) in [5.41, 5.74) is 0.910. The first-order valence-electron chi connectivity index (χ1n) is 9.82. The highest BCUT2D eigenvalue weighted by atomic mass is 19.4. The van der Waals surface area contributed by atoms with E-state index in [-0.39, 0.29) is 24.9 Å². The number of nitrogens with zero attached hydrogens (tertiary/aromatic N) is 2. The Bertz CT molecular complexity index is 943. The Morgan fingerprint density at radius 2 is 1.94 bits per heavy atom. The molecule has 2 aromatic rings. The first-order chi connectivity index (χ1) is 14.6. The van der Waals surface area contributed by atoms with Crippen molar-refractivity contribution in [3.05, 3.63) is 71.0 Å². The van der Waals surface area contributed by atoms with E-state index in [1.54, 1.807) is 32.0 Å². The van der Waals surface area contributed by atoms with E-state index in [0.29, 0.717) is 23.3 Å². The van der Waals surface area contributed by atoms with Gasteiger partial charge in [-0.25, -0.2) is 9.18 Å². The molecule has 1 atom stereocenters. The number of urea groups is 1. The molecule has 0 saturated heterocycles. The minimum Gasteiger partial charge on any atom is -0.390 e. The molecule has 0 saturated carbocycles. The average Bonchev–Trinajstić information content (AvgIpc) is 3.15. The highest BCUT2D eigenvalue weighted by Gasteiger charge is 2.31. The molecule has 0 radical (unpaired) electrons. The van der Waals surface area contributed by atoms with Gasteiger partial charge < -0.3 is 15.1 Å². The number of nitrogens with one attached hydrogen (secondary N) is 1. The first-order valence-corrected chi connectivity index (χ1v) is 9.82. The third-order valence-electron chi connectivity index (χ3n) is 4.66. The Balaban J connectivity index is 1.71. The summed E-state index contributed by atoms with van der Waals surface area (Å²) in [6.45, 7) is 3.70. The number of hydrogen-bond acceptors (Lipinski definition) is 3. The molecule has 0 aromatic heterocycles. The maximum atomic E-state index is 13.1. The third-order valence-corrected chi connectivity index (χ3v) is 4.66. The molecule has 5 nitrogen and oxygen atoms in total. The molecule has 2 amide bonds. The summed E-state index contributed by atoms with van der Waals surface area (Å²) in [7, 11) is 0. The second-order valence-corrected chi connectivity index (χ2v) is 7.66. The fraction of sp³-hybridized carbons (Fsp3) is 0.364. The molecule has 0 fully saturated rings. The van der Waals surface area contributed by atoms with E-state index in [4.69, 9.17) is 4.84 Å². The van der Waals surface area contributed by atoms with Crippen LogP contribution in [-0.4, -0.2) is 35.3 Å². The van der Waals surface area contributed by atoms with Crippen LogP contribution in [0.2, 0.25) is 0 Å². The standard InChI is InChI=1S/C22H23F4N3O2/c1-14(2)27-21(30)29(12-15-4-3-5-17(10-15)22(24,25)26)13-19-11-20(28-31-19)16-6-8-18(23)9-7-16/h3-10,14,19H,11-13H2,1-2H3,(H,27,30). The van der Waals surface area contributed by atoms with Crippen molar-refractivity contribution in [2.45, 2.75) is 45.1 Å². The number of carbonyl (C=O) groups is 1. The minimum absolute atomic E-state index is 0.0196. The molecule has 166 valence electrons. The lowest BCUT2D eigenvalue weighted by Gasteiger charge is -2.26. The van der Waals surface area contributed by atoms with E-state index >= 15 is 0 Å². The van der Waals surface area contributed by atoms with E-state index < -0.39 is 23.9 Å². The predicted molar refractivity (Wildman–Crippen MR) is 108 cm³/mol. The summed E-state index contributed by atoms with van der Waals surface area (Å²) in [6, 6.07) is 10.1. The van der Waals surface area contributed by atoms with Gasteiger partial charge in [0.25, 0.3) is 0 Å². The Morgan fingerprint density at radius 3 is 2.58 bits per heavy atom. The van der Waals surface area contributed by atoms with Crippen LogP contribution in [0.4, 0.5) is 22.4 Å². The summed E-state index contributed by atoms with van der Waals surface area (Å²) >= 11 is 0. The van der Waals surface area contributed by atoms with Gasteiger partial charge in [-0.05, 0) is 49.2 Å². The molecular weight excluding hydrogens is 414 g/mol. The second kappa shape index (κ2) is 9.36. The number of hydrogen-bond donors (Lipinski definition) is 1. The predicted octanol–water partition coefficient (Wildman–Crippen LogP) is 4.96. The lowest BCUT2D eigenvalue weighted by molar-refractivity contribution is -0.137. The van der Waals surface area contributed by atoms with Crippen molar-refractivity contribution in [1.82, 2.24) is 10.2 Å². The van der Waals surface area contributed by atoms with Gasteiger partial charge in [-0.1, -0.05) is 29.4 Å². The molecule has 3 rings (SSSR count). The maximum absolute atomic E-state index is 13.1. The zero-order chi connectivity index (χ0) is 22.6. The molecule has 0 spiro atoms. The zero-order valence-electron chi connectivity index (χ0n) is 17.1. The zero-order valence-corrected chi connectivity index (χ0v) is 17.1. The lowest BCUT2D eigenvalue weighted by atomic mass is 10.0. The van der Waals surface area contributed by atoms with Gasteiger partial charge in [0.05, 0.1) is 17.8 Å². The summed E-state index contributed by atoms with van der Waals surface area (Å²) < 4.78 is 52.3. The van der Waals surface area contributed by atoms with Crippen molar-refractivity contribution in [3.63, 3.8) is 0 Å². The van der Waals surface area contributed by atoms with Gasteiger partial charge >= 0.3 is 12.2 Å². The third kappa shape index (κ3) is 6.19. The Kier molecular flexibility index (Phi) is 6.82. The van der Waals surface area contributed by atoms with Gasteiger partial charge in [0.2, 0.25) is 0 Å². The van der Waals surface area contributed by atoms with Crippen LogP contribution in [0.25, 0.3) is 0 Å². The van der Waals surface area contributed by atoms with Gasteiger partial charge in [0.15, 0.2) is 6.10 Å². The van der Waals surface area contributed by atoms with Gasteiger partial charge in [-0.15, -0.1) is 0 Å². The van der Waals surface area contributed by atoms with Crippen LogP contribution >= 0.6 is 0 Å². The summed E-state index contributed by atoms with van der Waals surface area (Å²) in [5, 5.41) is 6.79. The monoisotopic (exact) mass is 437 g/mol. The summed E-state index contributed by atoms with van der Waals surface area (Å²) in [5.74, 6) is -0.363. The molecule has 2 aromatic carbocycles. The molecule has 1 aliphatic heterocycles. The highest BCUT2D eigenvalue weighted by molar-refractivity contribution is 6.01. The molecule has 1 aliphatic rings. The highest BCUT2D eigenvalue weighted by Crippen LogP contribution is 2.30. The fourth-order valence-corrected chi connectivity index (χ4v) is 3.21. The van der Waals surface area contributed by atoms with Crippen LogP contribution in [0.1, 0.15) is 37.0 Å². The van der Waals surface area contributed by atoms with E-state index in [9.17, 15) is 22.4 Å². The van der Waals surface area contributed by atoms with Crippen molar-refractivity contribution < 1.29 is 27.2 Å². The van der Waals surface area contributed by atoms with E-state index in [1.165, 1.54) is 23.1 Å². The van der Waals surface area contributed by atoms with Crippen LogP contribution in [-0.2, 0) is 17.6 Å². The van der Waals surface area contributed by atoms with Gasteiger partial charge in [-0.3, -0.25) is 0 Å². The number of amides is 2. The average molecular weight is 437 g/mol. The van der Waals surface area contributed by atoms with E-state index in [0.717, 1.165) is 12.1 Å². The number of oxime groups is 1. The molecule has 0 aliphatic carbocycles.